The molecule has 11 heteroatoms. The number of rotatable bonds is 4. The van der Waals surface area contributed by atoms with E-state index in [9.17, 15) is 39.5 Å². The van der Waals surface area contributed by atoms with Crippen LogP contribution in [0.1, 0.15) is 18.1 Å². The number of hydrogen-bond acceptors (Lipinski definition) is 2. The molecule has 0 atom stereocenters. The van der Waals surface area contributed by atoms with Gasteiger partial charge in [0.25, 0.3) is 5.60 Å². The second kappa shape index (κ2) is 6.34. The molecule has 0 aromatic heterocycles. The van der Waals surface area contributed by atoms with Gasteiger partial charge in [-0.2, -0.15) is 39.5 Å². The summed E-state index contributed by atoms with van der Waals surface area (Å²) in [6.45, 7) is -1.46. The fourth-order valence-corrected chi connectivity index (χ4v) is 1.59. The molecule has 0 heterocycles. The number of benzene rings is 1. The van der Waals surface area contributed by atoms with Crippen molar-refractivity contribution in [1.29, 1.82) is 0 Å². The molecule has 0 aliphatic carbocycles. The van der Waals surface area contributed by atoms with Gasteiger partial charge in [-0.15, -0.1) is 0 Å². The molecule has 0 spiro atoms. The molecule has 0 fully saturated rings. The van der Waals surface area contributed by atoms with Crippen LogP contribution >= 0.6 is 0 Å². The third-order valence-electron chi connectivity index (χ3n) is 3.21. The molecule has 24 heavy (non-hydrogen) atoms. The summed E-state index contributed by atoms with van der Waals surface area (Å²) in [5, 5.41) is 0. The third kappa shape index (κ3) is 4.05. The van der Waals surface area contributed by atoms with Crippen molar-refractivity contribution in [3.05, 3.63) is 29.3 Å². The quantitative estimate of drug-likeness (QED) is 0.686. The maximum Gasteiger partial charge on any atom is 0.426 e. The second-order valence-corrected chi connectivity index (χ2v) is 4.84. The highest BCUT2D eigenvalue weighted by molar-refractivity contribution is 5.38. The van der Waals surface area contributed by atoms with E-state index in [2.05, 4.69) is 9.47 Å². The highest BCUT2D eigenvalue weighted by Gasteiger charge is 2.69. The van der Waals surface area contributed by atoms with Crippen LogP contribution in [0.2, 0.25) is 0 Å². The number of halogens is 9. The summed E-state index contributed by atoms with van der Waals surface area (Å²) in [5.74, 6) is -0.545. The third-order valence-corrected chi connectivity index (χ3v) is 3.21. The summed E-state index contributed by atoms with van der Waals surface area (Å²) in [6.07, 6.45) is -16.3. The Morgan fingerprint density at radius 2 is 1.38 bits per heavy atom. The summed E-state index contributed by atoms with van der Waals surface area (Å²) in [4.78, 5) is 0. The minimum absolute atomic E-state index is 0.205. The Kier molecular flexibility index (Phi) is 5.39. The average Bonchev–Trinajstić information content (AvgIpc) is 2.40. The summed E-state index contributed by atoms with van der Waals surface area (Å²) >= 11 is 0. The van der Waals surface area contributed by atoms with E-state index >= 15 is 0 Å². The Balaban J connectivity index is 3.13. The lowest BCUT2D eigenvalue weighted by molar-refractivity contribution is -0.377. The van der Waals surface area contributed by atoms with E-state index in [0.717, 1.165) is 7.11 Å². The Labute approximate surface area is 130 Å². The molecule has 0 saturated carbocycles. The van der Waals surface area contributed by atoms with Crippen molar-refractivity contribution in [3.8, 4) is 5.75 Å². The molecule has 1 rings (SSSR count). The number of hydrogen-bond donors (Lipinski definition) is 0. The van der Waals surface area contributed by atoms with E-state index in [-0.39, 0.29) is 6.92 Å². The summed E-state index contributed by atoms with van der Waals surface area (Å²) in [5.41, 5.74) is -6.05. The van der Waals surface area contributed by atoms with Crippen LogP contribution < -0.4 is 4.74 Å². The van der Waals surface area contributed by atoms with Gasteiger partial charge in [-0.1, -0.05) is 6.07 Å². The second-order valence-electron chi connectivity index (χ2n) is 4.84. The topological polar surface area (TPSA) is 18.5 Å². The van der Waals surface area contributed by atoms with Gasteiger partial charge < -0.3 is 9.47 Å². The summed E-state index contributed by atoms with van der Waals surface area (Å²) in [7, 11) is 0.922. The zero-order chi connectivity index (χ0) is 19.0. The van der Waals surface area contributed by atoms with Crippen LogP contribution in [0.5, 0.6) is 5.75 Å². The van der Waals surface area contributed by atoms with Crippen LogP contribution in [0, 0.1) is 0 Å². The maximum absolute atomic E-state index is 12.7. The summed E-state index contributed by atoms with van der Waals surface area (Å²) < 4.78 is 122. The zero-order valence-corrected chi connectivity index (χ0v) is 12.2. The molecule has 1 aromatic carbocycles. The molecule has 0 bridgehead atoms. The molecule has 0 saturated heterocycles. The van der Waals surface area contributed by atoms with Gasteiger partial charge in [0, 0.05) is 5.56 Å². The number of methoxy groups -OCH3 is 1. The van der Waals surface area contributed by atoms with Gasteiger partial charge in [0.1, 0.15) is 5.75 Å². The first-order chi connectivity index (χ1) is 10.6. The molecule has 0 unspecified atom stereocenters. The van der Waals surface area contributed by atoms with Crippen molar-refractivity contribution < 1.29 is 49.0 Å². The molecular formula is C13H11F9O2. The predicted octanol–water partition coefficient (Wildman–Crippen LogP) is 5.11. The van der Waals surface area contributed by atoms with E-state index in [1.807, 2.05) is 0 Å². The van der Waals surface area contributed by atoms with Crippen molar-refractivity contribution in [2.24, 2.45) is 0 Å². The van der Waals surface area contributed by atoms with Crippen LogP contribution in [0.25, 0.3) is 0 Å². The van der Waals surface area contributed by atoms with Crippen molar-refractivity contribution >= 4 is 0 Å². The Morgan fingerprint density at radius 3 is 1.75 bits per heavy atom. The van der Waals surface area contributed by atoms with Crippen LogP contribution in [-0.4, -0.2) is 25.1 Å². The zero-order valence-electron chi connectivity index (χ0n) is 12.2. The van der Waals surface area contributed by atoms with Crippen molar-refractivity contribution in [2.45, 2.75) is 37.7 Å². The van der Waals surface area contributed by atoms with Crippen molar-refractivity contribution in [1.82, 2.24) is 0 Å². The minimum Gasteiger partial charge on any atom is -0.496 e. The van der Waals surface area contributed by atoms with Gasteiger partial charge in [-0.3, -0.25) is 0 Å². The Bertz CT molecular complexity index is 558. The minimum atomic E-state index is -5.77. The first-order valence-corrected chi connectivity index (χ1v) is 6.15. The lowest BCUT2D eigenvalue weighted by atomic mass is 10.1. The SMILES string of the molecule is COc1cc(C(F)(F)F)ccc1COC(C)(C(F)(F)F)C(F)(F)F. The number of alkyl halides is 9. The Hall–Kier alpha value is -1.65. The highest BCUT2D eigenvalue weighted by atomic mass is 19.4. The molecule has 0 aliphatic heterocycles. The fourth-order valence-electron chi connectivity index (χ4n) is 1.59. The fraction of sp³-hybridized carbons (Fsp3) is 0.538. The van der Waals surface area contributed by atoms with E-state index in [0.29, 0.717) is 18.2 Å². The van der Waals surface area contributed by atoms with Gasteiger partial charge in [-0.05, 0) is 19.1 Å². The van der Waals surface area contributed by atoms with E-state index in [4.69, 9.17) is 0 Å². The van der Waals surface area contributed by atoms with E-state index in [1.54, 1.807) is 0 Å². The van der Waals surface area contributed by atoms with Gasteiger partial charge in [0.15, 0.2) is 0 Å². The molecule has 0 N–H and O–H groups in total. The van der Waals surface area contributed by atoms with Crippen molar-refractivity contribution in [3.63, 3.8) is 0 Å². The lowest BCUT2D eigenvalue weighted by Gasteiger charge is -2.33. The van der Waals surface area contributed by atoms with E-state index < -0.39 is 47.6 Å². The van der Waals surface area contributed by atoms with Gasteiger partial charge in [0.05, 0.1) is 19.3 Å². The van der Waals surface area contributed by atoms with Crippen LogP contribution in [0.3, 0.4) is 0 Å². The molecule has 0 radical (unpaired) electrons. The molecule has 2 nitrogen and oxygen atoms in total. The molecule has 0 amide bonds. The predicted molar refractivity (Wildman–Crippen MR) is 63.3 cm³/mol. The van der Waals surface area contributed by atoms with Crippen LogP contribution in [0.4, 0.5) is 39.5 Å². The standard InChI is InChI=1S/C13H11F9O2/c1-10(12(17,18)19,13(20,21)22)24-6-7-3-4-8(11(14,15)16)5-9(7)23-2/h3-5H,6H2,1-2H3. The smallest absolute Gasteiger partial charge is 0.426 e. The van der Waals surface area contributed by atoms with Crippen LogP contribution in [0.15, 0.2) is 18.2 Å². The Morgan fingerprint density at radius 1 is 0.875 bits per heavy atom. The molecule has 1 aromatic rings. The first kappa shape index (κ1) is 20.4. The first-order valence-electron chi connectivity index (χ1n) is 6.15. The van der Waals surface area contributed by atoms with Gasteiger partial charge in [-0.25, -0.2) is 0 Å². The van der Waals surface area contributed by atoms with Gasteiger partial charge >= 0.3 is 18.5 Å². The largest absolute Gasteiger partial charge is 0.496 e. The van der Waals surface area contributed by atoms with Crippen LogP contribution in [-0.2, 0) is 17.5 Å². The highest BCUT2D eigenvalue weighted by Crippen LogP contribution is 2.46. The maximum atomic E-state index is 12.7. The van der Waals surface area contributed by atoms with E-state index in [1.165, 1.54) is 0 Å². The molecular weight excluding hydrogens is 359 g/mol. The average molecular weight is 370 g/mol. The normalized spacial score (nSPS) is 14.0. The number of ether oxygens (including phenoxy) is 2. The summed E-state index contributed by atoms with van der Waals surface area (Å²) in [6, 6.07) is 1.64. The molecule has 0 aliphatic rings. The monoisotopic (exact) mass is 370 g/mol. The lowest BCUT2D eigenvalue weighted by Crippen LogP contribution is -2.56. The molecule has 138 valence electrons. The van der Waals surface area contributed by atoms with Crippen molar-refractivity contribution in [2.75, 3.05) is 7.11 Å². The van der Waals surface area contributed by atoms with Gasteiger partial charge in [0.2, 0.25) is 0 Å².